The van der Waals surface area contributed by atoms with Gasteiger partial charge in [-0.05, 0) is 48.0 Å². The summed E-state index contributed by atoms with van der Waals surface area (Å²) in [6, 6.07) is 24.1. The normalized spacial score (nSPS) is 10.6. The van der Waals surface area contributed by atoms with E-state index in [2.05, 4.69) is 31.8 Å². The van der Waals surface area contributed by atoms with Crippen LogP contribution in [0, 0.1) is 0 Å². The molecule has 0 spiro atoms. The van der Waals surface area contributed by atoms with Gasteiger partial charge in [0.25, 0.3) is 0 Å². The molecule has 2 amide bonds. The number of carbonyl (C=O) groups is 2. The number of benzene rings is 3. The summed E-state index contributed by atoms with van der Waals surface area (Å²) in [7, 11) is 0. The van der Waals surface area contributed by atoms with Crippen LogP contribution < -0.4 is 15.5 Å². The maximum Gasteiger partial charge on any atom is 0.240 e. The summed E-state index contributed by atoms with van der Waals surface area (Å²) >= 11 is 3.34. The fourth-order valence-corrected chi connectivity index (χ4v) is 2.93. The first-order chi connectivity index (χ1) is 14.6. The Bertz CT molecular complexity index is 1040. The molecule has 0 aromatic heterocycles. The summed E-state index contributed by atoms with van der Waals surface area (Å²) in [6.45, 7) is 0. The van der Waals surface area contributed by atoms with Crippen LogP contribution in [0.3, 0.4) is 0 Å². The third-order valence-electron chi connectivity index (χ3n) is 3.93. The lowest BCUT2D eigenvalue weighted by Crippen LogP contribution is -2.20. The Kier molecular flexibility index (Phi) is 7.74. The van der Waals surface area contributed by atoms with Gasteiger partial charge in [-0.15, -0.1) is 0 Å². The summed E-state index contributed by atoms with van der Waals surface area (Å²) in [4.78, 5) is 23.9. The molecule has 0 aliphatic carbocycles. The highest BCUT2D eigenvalue weighted by Crippen LogP contribution is 2.21. The van der Waals surface area contributed by atoms with E-state index in [9.17, 15) is 9.59 Å². The van der Waals surface area contributed by atoms with Gasteiger partial charge in [0.05, 0.1) is 6.21 Å². The van der Waals surface area contributed by atoms with E-state index in [0.29, 0.717) is 11.4 Å². The molecule has 0 atom stereocenters. The molecule has 152 valence electrons. The highest BCUT2D eigenvalue weighted by atomic mass is 79.9. The molecular formula is C23H20BrN3O3. The maximum absolute atomic E-state index is 12.0. The molecule has 0 saturated carbocycles. The van der Waals surface area contributed by atoms with Crippen molar-refractivity contribution in [2.45, 2.75) is 12.8 Å². The molecule has 0 aliphatic heterocycles. The number of ether oxygens (including phenoxy) is 1. The van der Waals surface area contributed by atoms with Gasteiger partial charge < -0.3 is 10.1 Å². The van der Waals surface area contributed by atoms with Crippen molar-refractivity contribution in [2.75, 3.05) is 5.32 Å². The van der Waals surface area contributed by atoms with Crippen molar-refractivity contribution in [3.05, 3.63) is 88.9 Å². The summed E-state index contributed by atoms with van der Waals surface area (Å²) in [5.74, 6) is 0.826. The molecular weight excluding hydrogens is 446 g/mol. The Labute approximate surface area is 183 Å². The van der Waals surface area contributed by atoms with Gasteiger partial charge in [-0.25, -0.2) is 5.43 Å². The maximum atomic E-state index is 12.0. The Morgan fingerprint density at radius 2 is 1.60 bits per heavy atom. The Balaban J connectivity index is 1.44. The Morgan fingerprint density at radius 1 is 0.867 bits per heavy atom. The molecule has 3 rings (SSSR count). The minimum Gasteiger partial charge on any atom is -0.457 e. The fraction of sp³-hybridized carbons (Fsp3) is 0.0870. The quantitative estimate of drug-likeness (QED) is 0.358. The van der Waals surface area contributed by atoms with Crippen LogP contribution in [0.5, 0.6) is 11.5 Å². The number of hydrogen-bond acceptors (Lipinski definition) is 4. The van der Waals surface area contributed by atoms with Gasteiger partial charge in [-0.3, -0.25) is 9.59 Å². The zero-order chi connectivity index (χ0) is 21.2. The Morgan fingerprint density at radius 3 is 2.40 bits per heavy atom. The number of carbonyl (C=O) groups excluding carboxylic acids is 2. The fourth-order valence-electron chi connectivity index (χ4n) is 2.53. The van der Waals surface area contributed by atoms with Crippen molar-refractivity contribution in [3.63, 3.8) is 0 Å². The third kappa shape index (κ3) is 7.18. The standard InChI is InChI=1S/C23H20BrN3O3/c24-18-7-5-8-19(15-18)26-22(28)12-13-23(29)27-25-16-17-6-4-11-21(14-17)30-20-9-2-1-3-10-20/h1-11,14-16H,12-13H2,(H,26,28)(H,27,29)/b25-16-. The number of nitrogens with one attached hydrogen (secondary N) is 2. The first kappa shape index (κ1) is 21.3. The molecule has 0 aliphatic rings. The monoisotopic (exact) mass is 465 g/mol. The minimum absolute atomic E-state index is 0.0360. The number of rotatable bonds is 8. The second kappa shape index (κ2) is 10.9. The van der Waals surface area contributed by atoms with E-state index >= 15 is 0 Å². The van der Waals surface area contributed by atoms with Crippen LogP contribution in [0.2, 0.25) is 0 Å². The average molecular weight is 466 g/mol. The SMILES string of the molecule is O=C(CCC(=O)Nc1cccc(Br)c1)N/N=C\c1cccc(Oc2ccccc2)c1. The number of para-hydroxylation sites is 1. The van der Waals surface area contributed by atoms with Gasteiger partial charge in [0, 0.05) is 23.0 Å². The van der Waals surface area contributed by atoms with E-state index in [0.717, 1.165) is 15.8 Å². The van der Waals surface area contributed by atoms with E-state index in [-0.39, 0.29) is 24.7 Å². The van der Waals surface area contributed by atoms with Gasteiger partial charge >= 0.3 is 0 Å². The first-order valence-electron chi connectivity index (χ1n) is 9.29. The molecule has 30 heavy (non-hydrogen) atoms. The number of halogens is 1. The van der Waals surface area contributed by atoms with Crippen molar-refractivity contribution in [2.24, 2.45) is 5.10 Å². The van der Waals surface area contributed by atoms with Crippen LogP contribution in [0.15, 0.2) is 88.4 Å². The van der Waals surface area contributed by atoms with E-state index < -0.39 is 0 Å². The Hall–Kier alpha value is -3.45. The number of amides is 2. The van der Waals surface area contributed by atoms with Crippen molar-refractivity contribution in [1.82, 2.24) is 5.43 Å². The van der Waals surface area contributed by atoms with E-state index in [1.807, 2.05) is 66.7 Å². The van der Waals surface area contributed by atoms with Crippen LogP contribution in [0.1, 0.15) is 18.4 Å². The summed E-state index contributed by atoms with van der Waals surface area (Å²) in [5.41, 5.74) is 3.88. The molecule has 7 heteroatoms. The van der Waals surface area contributed by atoms with Gasteiger partial charge in [0.15, 0.2) is 0 Å². The molecule has 3 aromatic rings. The number of hydrogen-bond donors (Lipinski definition) is 2. The van der Waals surface area contributed by atoms with Crippen molar-refractivity contribution >= 4 is 39.6 Å². The molecule has 0 radical (unpaired) electrons. The topological polar surface area (TPSA) is 79.8 Å². The first-order valence-corrected chi connectivity index (χ1v) is 10.1. The highest BCUT2D eigenvalue weighted by Gasteiger charge is 2.07. The second-order valence-electron chi connectivity index (χ2n) is 6.34. The second-order valence-corrected chi connectivity index (χ2v) is 7.25. The molecule has 0 heterocycles. The summed E-state index contributed by atoms with van der Waals surface area (Å²) in [5, 5.41) is 6.69. The lowest BCUT2D eigenvalue weighted by atomic mass is 10.2. The van der Waals surface area contributed by atoms with Crippen LogP contribution in [0.25, 0.3) is 0 Å². The van der Waals surface area contributed by atoms with Crippen LogP contribution in [0.4, 0.5) is 5.69 Å². The van der Waals surface area contributed by atoms with Crippen molar-refractivity contribution < 1.29 is 14.3 Å². The zero-order valence-corrected chi connectivity index (χ0v) is 17.6. The van der Waals surface area contributed by atoms with Crippen molar-refractivity contribution in [3.8, 4) is 11.5 Å². The van der Waals surface area contributed by atoms with Crippen LogP contribution in [-0.4, -0.2) is 18.0 Å². The largest absolute Gasteiger partial charge is 0.457 e. The van der Waals surface area contributed by atoms with Gasteiger partial charge in [0.2, 0.25) is 11.8 Å². The molecule has 0 saturated heterocycles. The molecule has 2 N–H and O–H groups in total. The van der Waals surface area contributed by atoms with Crippen LogP contribution in [-0.2, 0) is 9.59 Å². The van der Waals surface area contributed by atoms with Crippen molar-refractivity contribution in [1.29, 1.82) is 0 Å². The molecule has 0 fully saturated rings. The van der Waals surface area contributed by atoms with E-state index in [1.165, 1.54) is 6.21 Å². The highest BCUT2D eigenvalue weighted by molar-refractivity contribution is 9.10. The number of nitrogens with zero attached hydrogens (tertiary/aromatic N) is 1. The molecule has 3 aromatic carbocycles. The lowest BCUT2D eigenvalue weighted by Gasteiger charge is -2.06. The zero-order valence-electron chi connectivity index (χ0n) is 16.0. The predicted molar refractivity (Wildman–Crippen MR) is 121 cm³/mol. The molecule has 6 nitrogen and oxygen atoms in total. The minimum atomic E-state index is -0.340. The summed E-state index contributed by atoms with van der Waals surface area (Å²) < 4.78 is 6.64. The van der Waals surface area contributed by atoms with Gasteiger partial charge in [0.1, 0.15) is 11.5 Å². The predicted octanol–water partition coefficient (Wildman–Crippen LogP) is 5.11. The van der Waals surface area contributed by atoms with E-state index in [4.69, 9.17) is 4.74 Å². The van der Waals surface area contributed by atoms with E-state index in [1.54, 1.807) is 12.1 Å². The average Bonchev–Trinajstić information content (AvgIpc) is 2.73. The summed E-state index contributed by atoms with van der Waals surface area (Å²) in [6.07, 6.45) is 1.62. The number of hydrazone groups is 1. The van der Waals surface area contributed by atoms with Crippen LogP contribution >= 0.6 is 15.9 Å². The third-order valence-corrected chi connectivity index (χ3v) is 4.42. The molecule has 0 bridgehead atoms. The lowest BCUT2D eigenvalue weighted by molar-refractivity contribution is -0.124. The smallest absolute Gasteiger partial charge is 0.240 e. The molecule has 0 unspecified atom stereocenters. The number of anilines is 1. The van der Waals surface area contributed by atoms with Gasteiger partial charge in [-0.1, -0.05) is 52.3 Å². The van der Waals surface area contributed by atoms with Gasteiger partial charge in [-0.2, -0.15) is 5.10 Å².